The number of fused-ring (bicyclic) bond motifs is 1. The smallest absolute Gasteiger partial charge is 0.377 e. The van der Waals surface area contributed by atoms with Gasteiger partial charge in [-0.3, -0.25) is 4.90 Å². The maximum absolute atomic E-state index is 12.9. The Morgan fingerprint density at radius 3 is 2.56 bits per heavy atom. The van der Waals surface area contributed by atoms with E-state index in [-0.39, 0.29) is 5.56 Å². The molecular weight excluding hydrogens is 350 g/mol. The van der Waals surface area contributed by atoms with Crippen molar-refractivity contribution in [3.8, 4) is 5.69 Å². The van der Waals surface area contributed by atoms with Crippen molar-refractivity contribution >= 4 is 17.7 Å². The number of aromatic nitrogens is 4. The summed E-state index contributed by atoms with van der Waals surface area (Å²) in [6.45, 7) is 0.406. The maximum Gasteiger partial charge on any atom is 0.377 e. The van der Waals surface area contributed by atoms with Crippen molar-refractivity contribution in [2.75, 3.05) is 11.4 Å². The van der Waals surface area contributed by atoms with Crippen LogP contribution in [0.4, 0.5) is 10.5 Å². The fourth-order valence-electron chi connectivity index (χ4n) is 3.14. The molecule has 0 aliphatic carbocycles. The second-order valence-electron chi connectivity index (χ2n) is 6.11. The van der Waals surface area contributed by atoms with Crippen LogP contribution in [-0.2, 0) is 6.42 Å². The van der Waals surface area contributed by atoms with Crippen molar-refractivity contribution in [2.45, 2.75) is 12.8 Å². The largest absolute Gasteiger partial charge is 0.478 e. The first-order valence-electron chi connectivity index (χ1n) is 8.35. The molecule has 1 aromatic heterocycles. The molecule has 0 saturated heterocycles. The van der Waals surface area contributed by atoms with Crippen LogP contribution in [0.2, 0.25) is 0 Å². The third-order valence-electron chi connectivity index (χ3n) is 4.44. The van der Waals surface area contributed by atoms with E-state index in [0.29, 0.717) is 35.4 Å². The summed E-state index contributed by atoms with van der Waals surface area (Å²) in [7, 11) is 0. The predicted molar refractivity (Wildman–Crippen MR) is 95.5 cm³/mol. The molecule has 0 bridgehead atoms. The van der Waals surface area contributed by atoms with Gasteiger partial charge in [0.2, 0.25) is 0 Å². The van der Waals surface area contributed by atoms with Crippen LogP contribution in [0.15, 0.2) is 53.3 Å². The number of benzene rings is 2. The molecule has 4 rings (SSSR count). The molecule has 1 aliphatic rings. The van der Waals surface area contributed by atoms with Gasteiger partial charge in [0.05, 0.1) is 11.3 Å². The zero-order chi connectivity index (χ0) is 19.0. The van der Waals surface area contributed by atoms with E-state index in [1.165, 1.54) is 11.0 Å². The second kappa shape index (κ2) is 6.52. The average Bonchev–Trinajstić information content (AvgIpc) is 3.08. The van der Waals surface area contributed by atoms with E-state index < -0.39 is 17.7 Å². The average molecular weight is 365 g/mol. The molecule has 9 nitrogen and oxygen atoms in total. The zero-order valence-electron chi connectivity index (χ0n) is 14.1. The van der Waals surface area contributed by atoms with Crippen LogP contribution in [0.25, 0.3) is 5.69 Å². The SMILES string of the molecule is O=C(O)c1ccc2c(c1)CCCN2C(=O)n1nnn(-c2ccccc2)c1=O. The lowest BCUT2D eigenvalue weighted by atomic mass is 9.99. The van der Waals surface area contributed by atoms with E-state index in [4.69, 9.17) is 5.11 Å². The summed E-state index contributed by atoms with van der Waals surface area (Å²) in [6, 6.07) is 12.7. The quantitative estimate of drug-likeness (QED) is 0.690. The van der Waals surface area contributed by atoms with Gasteiger partial charge in [-0.25, -0.2) is 14.4 Å². The summed E-state index contributed by atoms with van der Waals surface area (Å²) in [4.78, 5) is 38.1. The summed E-state index contributed by atoms with van der Waals surface area (Å²) in [5.74, 6) is -1.02. The molecule has 2 aromatic carbocycles. The Kier molecular flexibility index (Phi) is 4.03. The molecule has 0 radical (unpaired) electrons. The molecule has 0 atom stereocenters. The molecule has 1 aliphatic heterocycles. The molecule has 0 spiro atoms. The number of anilines is 1. The Hall–Kier alpha value is -3.75. The third-order valence-corrected chi connectivity index (χ3v) is 4.44. The van der Waals surface area contributed by atoms with Crippen LogP contribution in [0.3, 0.4) is 0 Å². The Labute approximate surface area is 153 Å². The highest BCUT2D eigenvalue weighted by atomic mass is 16.4. The van der Waals surface area contributed by atoms with Crippen molar-refractivity contribution in [3.05, 3.63) is 70.1 Å². The van der Waals surface area contributed by atoms with E-state index in [1.807, 2.05) is 0 Å². The first-order valence-corrected chi connectivity index (χ1v) is 8.35. The first kappa shape index (κ1) is 16.7. The second-order valence-corrected chi connectivity index (χ2v) is 6.11. The fourth-order valence-corrected chi connectivity index (χ4v) is 3.14. The summed E-state index contributed by atoms with van der Waals surface area (Å²) in [5.41, 5.74) is 1.33. The molecule has 0 unspecified atom stereocenters. The van der Waals surface area contributed by atoms with E-state index in [2.05, 4.69) is 10.4 Å². The van der Waals surface area contributed by atoms with Crippen molar-refractivity contribution in [1.82, 2.24) is 19.8 Å². The number of tetrazole rings is 1. The number of hydrogen-bond acceptors (Lipinski definition) is 5. The maximum atomic E-state index is 12.9. The molecular formula is C18H15N5O4. The molecule has 0 fully saturated rings. The lowest BCUT2D eigenvalue weighted by molar-refractivity contribution is 0.0696. The molecule has 2 heterocycles. The number of nitrogens with zero attached hydrogens (tertiary/aromatic N) is 5. The van der Waals surface area contributed by atoms with E-state index in [0.717, 1.165) is 10.2 Å². The lowest BCUT2D eigenvalue weighted by Gasteiger charge is -2.28. The molecule has 1 amide bonds. The van der Waals surface area contributed by atoms with Crippen LogP contribution in [-0.4, -0.2) is 43.4 Å². The van der Waals surface area contributed by atoms with Crippen LogP contribution < -0.4 is 10.6 Å². The number of carbonyl (C=O) groups is 2. The molecule has 0 saturated carbocycles. The van der Waals surface area contributed by atoms with Crippen molar-refractivity contribution in [1.29, 1.82) is 0 Å². The number of aromatic carboxylic acids is 1. The van der Waals surface area contributed by atoms with E-state index >= 15 is 0 Å². The van der Waals surface area contributed by atoms with Crippen molar-refractivity contribution in [2.24, 2.45) is 0 Å². The number of amides is 1. The first-order chi connectivity index (χ1) is 13.1. The number of rotatable bonds is 2. The highest BCUT2D eigenvalue weighted by molar-refractivity contribution is 5.95. The Bertz CT molecular complexity index is 1090. The van der Waals surface area contributed by atoms with Gasteiger partial charge in [0.25, 0.3) is 0 Å². The van der Waals surface area contributed by atoms with Gasteiger partial charge < -0.3 is 5.11 Å². The zero-order valence-corrected chi connectivity index (χ0v) is 14.1. The molecule has 1 N–H and O–H groups in total. The minimum absolute atomic E-state index is 0.162. The van der Waals surface area contributed by atoms with Crippen molar-refractivity contribution < 1.29 is 14.7 Å². The monoisotopic (exact) mass is 365 g/mol. The van der Waals surface area contributed by atoms with E-state index in [9.17, 15) is 14.4 Å². The molecule has 9 heteroatoms. The molecule has 27 heavy (non-hydrogen) atoms. The normalized spacial score (nSPS) is 13.3. The van der Waals surface area contributed by atoms with Crippen LogP contribution in [0.5, 0.6) is 0 Å². The van der Waals surface area contributed by atoms with E-state index in [1.54, 1.807) is 42.5 Å². The number of carbonyl (C=O) groups excluding carboxylic acids is 1. The Morgan fingerprint density at radius 2 is 1.81 bits per heavy atom. The van der Waals surface area contributed by atoms with Gasteiger partial charge in [-0.2, -0.15) is 4.68 Å². The minimum atomic E-state index is -1.02. The van der Waals surface area contributed by atoms with Crippen LogP contribution in [0, 0.1) is 0 Å². The van der Waals surface area contributed by atoms with Gasteiger partial charge in [-0.15, -0.1) is 4.68 Å². The number of carboxylic acids is 1. The number of aryl methyl sites for hydroxylation is 1. The fraction of sp³-hybridized carbons (Fsp3) is 0.167. The topological polar surface area (TPSA) is 110 Å². The van der Waals surface area contributed by atoms with Crippen molar-refractivity contribution in [3.63, 3.8) is 0 Å². The van der Waals surface area contributed by atoms with Crippen LogP contribution in [0.1, 0.15) is 22.3 Å². The number of carboxylic acid groups (broad SMARTS) is 1. The van der Waals surface area contributed by atoms with Crippen LogP contribution >= 0.6 is 0 Å². The standard InChI is InChI=1S/C18H15N5O4/c24-16(25)13-8-9-15-12(11-13)5-4-10-21(15)17(26)23-18(27)22(19-20-23)14-6-2-1-3-7-14/h1-3,6-9,11H,4-5,10H2,(H,24,25). The van der Waals surface area contributed by atoms with Gasteiger partial charge in [0, 0.05) is 12.2 Å². The van der Waals surface area contributed by atoms with Gasteiger partial charge >= 0.3 is 17.7 Å². The number of hydrogen-bond donors (Lipinski definition) is 1. The lowest BCUT2D eigenvalue weighted by Crippen LogP contribution is -2.43. The molecule has 136 valence electrons. The van der Waals surface area contributed by atoms with Gasteiger partial charge in [0.15, 0.2) is 0 Å². The minimum Gasteiger partial charge on any atom is -0.478 e. The van der Waals surface area contributed by atoms with Gasteiger partial charge in [-0.05, 0) is 59.2 Å². The Morgan fingerprint density at radius 1 is 1.04 bits per heavy atom. The summed E-state index contributed by atoms with van der Waals surface area (Å²) < 4.78 is 1.77. The molecule has 3 aromatic rings. The summed E-state index contributed by atoms with van der Waals surface area (Å²) in [5, 5.41) is 16.6. The van der Waals surface area contributed by atoms with Gasteiger partial charge in [-0.1, -0.05) is 18.2 Å². The summed E-state index contributed by atoms with van der Waals surface area (Å²) >= 11 is 0. The predicted octanol–water partition coefficient (Wildman–Crippen LogP) is 1.55. The number of para-hydroxylation sites is 1. The summed E-state index contributed by atoms with van der Waals surface area (Å²) in [6.07, 6.45) is 1.31. The highest BCUT2D eigenvalue weighted by Gasteiger charge is 2.27. The Balaban J connectivity index is 1.70. The highest BCUT2D eigenvalue weighted by Crippen LogP contribution is 2.28. The van der Waals surface area contributed by atoms with Gasteiger partial charge in [0.1, 0.15) is 0 Å². The third kappa shape index (κ3) is 2.88.